The molecule has 1 amide bonds. The van der Waals surface area contributed by atoms with E-state index in [4.69, 9.17) is 4.74 Å². The van der Waals surface area contributed by atoms with E-state index >= 15 is 0 Å². The fourth-order valence-corrected chi connectivity index (χ4v) is 2.86. The molecule has 0 saturated carbocycles. The van der Waals surface area contributed by atoms with Crippen LogP contribution in [0.15, 0.2) is 42.5 Å². The van der Waals surface area contributed by atoms with Gasteiger partial charge >= 0.3 is 0 Å². The number of nitrogens with one attached hydrogen (secondary N) is 1. The first-order valence-corrected chi connectivity index (χ1v) is 8.10. The summed E-state index contributed by atoms with van der Waals surface area (Å²) in [6, 6.07) is 12.3. The number of ether oxygens (including phenoxy) is 1. The van der Waals surface area contributed by atoms with Crippen LogP contribution >= 0.6 is 0 Å². The second kappa shape index (κ2) is 7.45. The Balaban J connectivity index is 1.77. The van der Waals surface area contributed by atoms with Crippen LogP contribution in [0.1, 0.15) is 11.1 Å². The maximum atomic E-state index is 13.7. The molecule has 0 spiro atoms. The van der Waals surface area contributed by atoms with E-state index < -0.39 is 0 Å². The van der Waals surface area contributed by atoms with E-state index in [0.717, 1.165) is 29.9 Å². The topological polar surface area (TPSA) is 41.6 Å². The number of halogens is 1. The van der Waals surface area contributed by atoms with Crippen molar-refractivity contribution >= 4 is 17.3 Å². The number of anilines is 2. The third kappa shape index (κ3) is 3.92. The highest BCUT2D eigenvalue weighted by atomic mass is 19.1. The highest BCUT2D eigenvalue weighted by Gasteiger charge is 2.17. The number of morpholine rings is 1. The summed E-state index contributed by atoms with van der Waals surface area (Å²) in [5, 5.41) is 2.86. The summed E-state index contributed by atoms with van der Waals surface area (Å²) in [5.41, 5.74) is 3.38. The first-order valence-electron chi connectivity index (χ1n) is 8.10. The molecule has 1 saturated heterocycles. The molecule has 0 atom stereocenters. The molecule has 24 heavy (non-hydrogen) atoms. The number of rotatable bonds is 4. The van der Waals surface area contributed by atoms with Crippen molar-refractivity contribution in [3.05, 3.63) is 59.4 Å². The Labute approximate surface area is 141 Å². The van der Waals surface area contributed by atoms with Crippen molar-refractivity contribution in [2.45, 2.75) is 13.3 Å². The first-order chi connectivity index (χ1) is 11.6. The zero-order valence-electron chi connectivity index (χ0n) is 13.7. The molecule has 0 unspecified atom stereocenters. The molecule has 1 fully saturated rings. The summed E-state index contributed by atoms with van der Waals surface area (Å²) in [6.07, 6.45) is 0.270. The lowest BCUT2D eigenvalue weighted by Crippen LogP contribution is -2.36. The van der Waals surface area contributed by atoms with Crippen molar-refractivity contribution in [1.82, 2.24) is 0 Å². The largest absolute Gasteiger partial charge is 0.378 e. The monoisotopic (exact) mass is 328 g/mol. The summed E-state index contributed by atoms with van der Waals surface area (Å²) in [5.74, 6) is -0.511. The summed E-state index contributed by atoms with van der Waals surface area (Å²) in [6.45, 7) is 4.70. The predicted octanol–water partition coefficient (Wildman–Crippen LogP) is 3.15. The van der Waals surface area contributed by atoms with Crippen LogP contribution in [0.3, 0.4) is 0 Å². The maximum Gasteiger partial charge on any atom is 0.228 e. The van der Waals surface area contributed by atoms with Crippen LogP contribution in [0.4, 0.5) is 15.8 Å². The number of carbonyl (C=O) groups is 1. The molecule has 0 bridgehead atoms. The molecule has 1 aliphatic rings. The van der Waals surface area contributed by atoms with Gasteiger partial charge in [0.1, 0.15) is 5.82 Å². The Hall–Kier alpha value is -2.40. The van der Waals surface area contributed by atoms with E-state index in [-0.39, 0.29) is 18.1 Å². The standard InChI is InChI=1S/C19H21FN2O2/c1-14-4-2-3-5-15(14)12-19(23)21-17-13-16(20)6-7-18(17)22-8-10-24-11-9-22/h2-7,13H,8-12H2,1H3,(H,21,23). The summed E-state index contributed by atoms with van der Waals surface area (Å²) in [4.78, 5) is 14.5. The van der Waals surface area contributed by atoms with Gasteiger partial charge < -0.3 is 15.0 Å². The molecule has 4 nitrogen and oxygen atoms in total. The lowest BCUT2D eigenvalue weighted by atomic mass is 10.1. The summed E-state index contributed by atoms with van der Waals surface area (Å²) in [7, 11) is 0. The minimum absolute atomic E-state index is 0.149. The Bertz CT molecular complexity index is 727. The molecule has 0 radical (unpaired) electrons. The molecule has 126 valence electrons. The Kier molecular flexibility index (Phi) is 5.11. The zero-order valence-corrected chi connectivity index (χ0v) is 13.7. The lowest BCUT2D eigenvalue weighted by Gasteiger charge is -2.30. The number of aryl methyl sites for hydroxylation is 1. The van der Waals surface area contributed by atoms with Crippen LogP contribution < -0.4 is 10.2 Å². The smallest absolute Gasteiger partial charge is 0.228 e. The van der Waals surface area contributed by atoms with E-state index in [1.54, 1.807) is 6.07 Å². The van der Waals surface area contributed by atoms with Crippen LogP contribution in [0.25, 0.3) is 0 Å². The van der Waals surface area contributed by atoms with Gasteiger partial charge in [-0.2, -0.15) is 0 Å². The van der Waals surface area contributed by atoms with Gasteiger partial charge in [-0.1, -0.05) is 24.3 Å². The third-order valence-corrected chi connectivity index (χ3v) is 4.20. The number of hydrogen-bond donors (Lipinski definition) is 1. The Morgan fingerprint density at radius 1 is 1.21 bits per heavy atom. The SMILES string of the molecule is Cc1ccccc1CC(=O)Nc1cc(F)ccc1N1CCOCC1. The molecule has 5 heteroatoms. The zero-order chi connectivity index (χ0) is 16.9. The van der Waals surface area contributed by atoms with Gasteiger partial charge in [0.25, 0.3) is 0 Å². The van der Waals surface area contributed by atoms with Crippen molar-refractivity contribution in [1.29, 1.82) is 0 Å². The summed E-state index contributed by atoms with van der Waals surface area (Å²) < 4.78 is 19.0. The molecular formula is C19H21FN2O2. The first kappa shape index (κ1) is 16.5. The molecule has 1 N–H and O–H groups in total. The van der Waals surface area contributed by atoms with Crippen LogP contribution in [-0.4, -0.2) is 32.2 Å². The number of nitrogens with zero attached hydrogens (tertiary/aromatic N) is 1. The highest BCUT2D eigenvalue weighted by molar-refractivity contribution is 5.95. The fourth-order valence-electron chi connectivity index (χ4n) is 2.86. The second-order valence-corrected chi connectivity index (χ2v) is 5.91. The highest BCUT2D eigenvalue weighted by Crippen LogP contribution is 2.28. The van der Waals surface area contributed by atoms with Crippen molar-refractivity contribution in [2.75, 3.05) is 36.5 Å². The number of amides is 1. The molecule has 0 aliphatic carbocycles. The normalized spacial score (nSPS) is 14.5. The van der Waals surface area contributed by atoms with Crippen LogP contribution in [0, 0.1) is 12.7 Å². The molecule has 2 aromatic rings. The van der Waals surface area contributed by atoms with Gasteiger partial charge in [-0.25, -0.2) is 4.39 Å². The van der Waals surface area contributed by atoms with E-state index in [9.17, 15) is 9.18 Å². The lowest BCUT2D eigenvalue weighted by molar-refractivity contribution is -0.115. The van der Waals surface area contributed by atoms with E-state index in [2.05, 4.69) is 10.2 Å². The quantitative estimate of drug-likeness (QED) is 0.937. The van der Waals surface area contributed by atoms with Gasteiger partial charge in [0.2, 0.25) is 5.91 Å². The van der Waals surface area contributed by atoms with E-state index in [1.807, 2.05) is 31.2 Å². The van der Waals surface area contributed by atoms with E-state index in [0.29, 0.717) is 18.9 Å². The minimum Gasteiger partial charge on any atom is -0.378 e. The van der Waals surface area contributed by atoms with Crippen LogP contribution in [0.2, 0.25) is 0 Å². The van der Waals surface area contributed by atoms with Gasteiger partial charge in [-0.3, -0.25) is 4.79 Å². The van der Waals surface area contributed by atoms with Crippen molar-refractivity contribution in [2.24, 2.45) is 0 Å². The third-order valence-electron chi connectivity index (χ3n) is 4.20. The molecule has 3 rings (SSSR count). The molecule has 1 heterocycles. The maximum absolute atomic E-state index is 13.7. The number of benzene rings is 2. The average molecular weight is 328 g/mol. The molecular weight excluding hydrogens is 307 g/mol. The molecule has 0 aromatic heterocycles. The van der Waals surface area contributed by atoms with Gasteiger partial charge in [0.05, 0.1) is 31.0 Å². The van der Waals surface area contributed by atoms with Crippen molar-refractivity contribution < 1.29 is 13.9 Å². The van der Waals surface area contributed by atoms with Crippen LogP contribution in [-0.2, 0) is 16.0 Å². The van der Waals surface area contributed by atoms with Crippen molar-refractivity contribution in [3.63, 3.8) is 0 Å². The van der Waals surface area contributed by atoms with Gasteiger partial charge in [0.15, 0.2) is 0 Å². The Morgan fingerprint density at radius 2 is 1.96 bits per heavy atom. The minimum atomic E-state index is -0.363. The van der Waals surface area contributed by atoms with Gasteiger partial charge in [-0.05, 0) is 36.2 Å². The summed E-state index contributed by atoms with van der Waals surface area (Å²) >= 11 is 0. The van der Waals surface area contributed by atoms with Gasteiger partial charge in [-0.15, -0.1) is 0 Å². The van der Waals surface area contributed by atoms with E-state index in [1.165, 1.54) is 12.1 Å². The number of carbonyl (C=O) groups excluding carboxylic acids is 1. The van der Waals surface area contributed by atoms with Crippen molar-refractivity contribution in [3.8, 4) is 0 Å². The van der Waals surface area contributed by atoms with Gasteiger partial charge in [0, 0.05) is 13.1 Å². The average Bonchev–Trinajstić information content (AvgIpc) is 2.58. The predicted molar refractivity (Wildman–Crippen MR) is 92.9 cm³/mol. The number of hydrogen-bond acceptors (Lipinski definition) is 3. The Morgan fingerprint density at radius 3 is 2.71 bits per heavy atom. The molecule has 1 aliphatic heterocycles. The fraction of sp³-hybridized carbons (Fsp3) is 0.316. The second-order valence-electron chi connectivity index (χ2n) is 5.91. The van der Waals surface area contributed by atoms with Crippen LogP contribution in [0.5, 0.6) is 0 Å². The molecule has 2 aromatic carbocycles.